The van der Waals surface area contributed by atoms with E-state index in [1.807, 2.05) is 140 Å². The van der Waals surface area contributed by atoms with Crippen LogP contribution in [0.25, 0.3) is 88.0 Å². The second-order valence-corrected chi connectivity index (χ2v) is 15.0. The maximum absolute atomic E-state index is 9.78. The van der Waals surface area contributed by atoms with E-state index >= 15 is 0 Å². The van der Waals surface area contributed by atoms with Crippen molar-refractivity contribution < 1.29 is 11.0 Å². The summed E-state index contributed by atoms with van der Waals surface area (Å²) in [5, 5.41) is 5.65. The van der Waals surface area contributed by atoms with Gasteiger partial charge in [-0.3, -0.25) is 0 Å². The molecule has 0 atom stereocenters. The van der Waals surface area contributed by atoms with Crippen LogP contribution in [0.15, 0.2) is 249 Å². The monoisotopic (exact) mass is 783 g/mol. The molecule has 0 aliphatic carbocycles. The molecule has 0 bridgehead atoms. The van der Waals surface area contributed by atoms with E-state index in [1.54, 1.807) is 24.3 Å². The smallest absolute Gasteiger partial charge is 0.0645 e. The number of fused-ring (bicyclic) bond motifs is 4. The molecule has 0 radical (unpaired) electrons. The second kappa shape index (κ2) is 15.6. The fourth-order valence-electron chi connectivity index (χ4n) is 8.42. The molecular weight excluding hydrogens is 735 g/mol. The Morgan fingerprint density at radius 3 is 1.39 bits per heavy atom. The summed E-state index contributed by atoms with van der Waals surface area (Å²) in [6.07, 6.45) is 0. The first-order chi connectivity index (χ1) is 33.6. The third-order valence-electron chi connectivity index (χ3n) is 11.4. The lowest BCUT2D eigenvalue weighted by Crippen LogP contribution is -2.09. The van der Waals surface area contributed by atoms with Crippen molar-refractivity contribution in [1.82, 2.24) is 0 Å². The van der Waals surface area contributed by atoms with Gasteiger partial charge < -0.3 is 4.90 Å². The number of hydrogen-bond acceptors (Lipinski definition) is 1. The van der Waals surface area contributed by atoms with Gasteiger partial charge in [0.2, 0.25) is 0 Å². The van der Waals surface area contributed by atoms with Crippen molar-refractivity contribution in [3.05, 3.63) is 249 Å². The van der Waals surface area contributed by atoms with Crippen molar-refractivity contribution in [3.63, 3.8) is 0 Å². The van der Waals surface area contributed by atoms with Gasteiger partial charge in [0.25, 0.3) is 0 Å². The van der Waals surface area contributed by atoms with Gasteiger partial charge in [0, 0.05) is 17.1 Å². The summed E-state index contributed by atoms with van der Waals surface area (Å²) >= 11 is 0. The minimum atomic E-state index is -0.399. The molecule has 0 amide bonds. The van der Waals surface area contributed by atoms with Gasteiger partial charge in [-0.05, 0) is 130 Å². The fraction of sp³-hybridized carbons (Fsp3) is 0. The Kier molecular flexibility index (Phi) is 7.29. The third kappa shape index (κ3) is 6.83. The highest BCUT2D eigenvalue weighted by Gasteiger charge is 2.17. The van der Waals surface area contributed by atoms with Gasteiger partial charge in [0.15, 0.2) is 0 Å². The molecule has 61 heavy (non-hydrogen) atoms. The predicted octanol–water partition coefficient (Wildman–Crippen LogP) is 17.0. The summed E-state index contributed by atoms with van der Waals surface area (Å²) in [6, 6.07) is 61.8. The standard InChI is InChI=1S/C60H41N/c1-3-13-42(14-4-1)43-23-25-44(26-24-43)45-27-34-51(35-28-45)61(52-36-29-48(30-37-52)59-41-50-18-8-9-19-54(50)57-21-11-12-22-58(57)59)53-38-31-49(32-39-53)60-55-20-10-7-17-47(55)33-40-56(60)46-15-5-2-6-16-46/h1-41H/i27D,28D,29D,30D,34D,35D,36D,37D. The highest BCUT2D eigenvalue weighted by molar-refractivity contribution is 6.14. The Morgan fingerprint density at radius 2 is 0.738 bits per heavy atom. The number of nitrogens with zero attached hydrogens (tertiary/aromatic N) is 1. The Balaban J connectivity index is 1.13. The number of hydrogen-bond donors (Lipinski definition) is 0. The second-order valence-electron chi connectivity index (χ2n) is 15.0. The molecule has 1 heteroatoms. The summed E-state index contributed by atoms with van der Waals surface area (Å²) < 4.78 is 77.2. The van der Waals surface area contributed by atoms with E-state index in [1.165, 1.54) is 4.90 Å². The van der Waals surface area contributed by atoms with Gasteiger partial charge in [-0.1, -0.05) is 206 Å². The molecule has 286 valence electrons. The number of anilines is 3. The van der Waals surface area contributed by atoms with Crippen LogP contribution < -0.4 is 4.90 Å². The first kappa shape index (κ1) is 28.4. The van der Waals surface area contributed by atoms with E-state index in [4.69, 9.17) is 0 Å². The van der Waals surface area contributed by atoms with Crippen LogP contribution in [0.1, 0.15) is 11.0 Å². The summed E-state index contributed by atoms with van der Waals surface area (Å²) in [5.74, 6) is 0. The van der Waals surface area contributed by atoms with Crippen molar-refractivity contribution >= 4 is 49.4 Å². The molecule has 0 heterocycles. The molecular formula is C60H41N. The topological polar surface area (TPSA) is 3.24 Å². The molecule has 0 aliphatic heterocycles. The molecule has 0 saturated carbocycles. The largest absolute Gasteiger partial charge is 0.311 e. The van der Waals surface area contributed by atoms with Crippen LogP contribution in [0.2, 0.25) is 0 Å². The number of rotatable bonds is 8. The fourth-order valence-corrected chi connectivity index (χ4v) is 8.42. The summed E-state index contributed by atoms with van der Waals surface area (Å²) in [4.78, 5) is 1.37. The Hall–Kier alpha value is -8.00. The highest BCUT2D eigenvalue weighted by atomic mass is 15.1. The van der Waals surface area contributed by atoms with Crippen LogP contribution in [0.4, 0.5) is 17.1 Å². The molecule has 0 spiro atoms. The van der Waals surface area contributed by atoms with Crippen LogP contribution in [0.5, 0.6) is 0 Å². The molecule has 0 aliphatic rings. The van der Waals surface area contributed by atoms with E-state index in [9.17, 15) is 11.0 Å². The van der Waals surface area contributed by atoms with Gasteiger partial charge in [-0.25, -0.2) is 0 Å². The van der Waals surface area contributed by atoms with E-state index in [0.717, 1.165) is 65.7 Å². The molecule has 0 fully saturated rings. The summed E-state index contributed by atoms with van der Waals surface area (Å²) in [5.41, 5.74) is 7.00. The van der Waals surface area contributed by atoms with Crippen molar-refractivity contribution in [2.24, 2.45) is 0 Å². The van der Waals surface area contributed by atoms with E-state index in [0.29, 0.717) is 16.8 Å². The van der Waals surface area contributed by atoms with Crippen LogP contribution >= 0.6 is 0 Å². The van der Waals surface area contributed by atoms with E-state index in [-0.39, 0.29) is 46.7 Å². The Morgan fingerprint density at radius 1 is 0.262 bits per heavy atom. The van der Waals surface area contributed by atoms with Crippen molar-refractivity contribution in [2.75, 3.05) is 4.90 Å². The molecule has 0 saturated heterocycles. The molecule has 1 nitrogen and oxygen atoms in total. The van der Waals surface area contributed by atoms with Gasteiger partial charge in [0.05, 0.1) is 11.0 Å². The molecule has 11 rings (SSSR count). The lowest BCUT2D eigenvalue weighted by Gasteiger charge is -2.26. The quantitative estimate of drug-likeness (QED) is 0.139. The lowest BCUT2D eigenvalue weighted by atomic mass is 9.89. The average molecular weight is 784 g/mol. The van der Waals surface area contributed by atoms with Crippen LogP contribution in [0, 0.1) is 0 Å². The maximum Gasteiger partial charge on any atom is 0.0645 e. The first-order valence-electron chi connectivity index (χ1n) is 24.4. The number of benzene rings is 11. The first-order valence-corrected chi connectivity index (χ1v) is 20.4. The van der Waals surface area contributed by atoms with Gasteiger partial charge in [-0.2, -0.15) is 0 Å². The predicted molar refractivity (Wildman–Crippen MR) is 261 cm³/mol. The van der Waals surface area contributed by atoms with Gasteiger partial charge in [-0.15, -0.1) is 0 Å². The van der Waals surface area contributed by atoms with Crippen molar-refractivity contribution in [2.45, 2.75) is 0 Å². The third-order valence-corrected chi connectivity index (χ3v) is 11.4. The van der Waals surface area contributed by atoms with Crippen LogP contribution in [-0.4, -0.2) is 0 Å². The summed E-state index contributed by atoms with van der Waals surface area (Å²) in [7, 11) is 0. The Labute approximate surface area is 368 Å². The Bertz CT molecular complexity index is 3740. The van der Waals surface area contributed by atoms with Gasteiger partial charge in [0.1, 0.15) is 0 Å². The van der Waals surface area contributed by atoms with Crippen LogP contribution in [-0.2, 0) is 0 Å². The maximum atomic E-state index is 9.78. The SMILES string of the molecule is [2H]c1c([2H])c(N(c2ccc(-c3c(-c4ccccc4)ccc4ccccc34)cc2)c2c([2H])c([2H])c(-c3cc4ccccc4c4ccccc34)c([2H])c2[2H])c([2H])c([2H])c1-c1ccc(-c2ccccc2)cc1. The summed E-state index contributed by atoms with van der Waals surface area (Å²) in [6.45, 7) is 0. The normalized spacial score (nSPS) is 13.1. The van der Waals surface area contributed by atoms with E-state index in [2.05, 4.69) is 36.4 Å². The highest BCUT2D eigenvalue weighted by Crippen LogP contribution is 2.42. The van der Waals surface area contributed by atoms with Crippen LogP contribution in [0.3, 0.4) is 0 Å². The molecule has 0 unspecified atom stereocenters. The molecule has 0 aromatic heterocycles. The van der Waals surface area contributed by atoms with Crippen molar-refractivity contribution in [1.29, 1.82) is 0 Å². The van der Waals surface area contributed by atoms with Gasteiger partial charge >= 0.3 is 0 Å². The molecule has 11 aromatic rings. The van der Waals surface area contributed by atoms with Crippen molar-refractivity contribution in [3.8, 4) is 55.6 Å². The lowest BCUT2D eigenvalue weighted by molar-refractivity contribution is 1.28. The minimum Gasteiger partial charge on any atom is -0.311 e. The minimum absolute atomic E-state index is 0.103. The molecule has 0 N–H and O–H groups in total. The van der Waals surface area contributed by atoms with E-state index < -0.39 is 24.2 Å². The molecule has 11 aromatic carbocycles. The average Bonchev–Trinajstić information content (AvgIpc) is 3.40. The zero-order valence-electron chi connectivity index (χ0n) is 41.0. The zero-order valence-corrected chi connectivity index (χ0v) is 33.0. The zero-order chi connectivity index (χ0) is 47.5.